The summed E-state index contributed by atoms with van der Waals surface area (Å²) < 4.78 is 65.6. The first-order valence-corrected chi connectivity index (χ1v) is 27.9. The molecule has 0 bridgehead atoms. The molecule has 0 N–H and O–H groups in total. The molecular weight excluding hydrogens is 810 g/mol. The van der Waals surface area contributed by atoms with Crippen LogP contribution in [0.5, 0.6) is 11.5 Å². The van der Waals surface area contributed by atoms with Crippen LogP contribution >= 0.6 is 0 Å². The highest BCUT2D eigenvalue weighted by Crippen LogP contribution is 2.44. The average Bonchev–Trinajstić information content (AvgIpc) is 3.58. The first-order valence-electron chi connectivity index (χ1n) is 22.1. The molecule has 2 aromatic carbocycles. The second-order valence-electron chi connectivity index (χ2n) is 20.7. The number of hydrogen-bond acceptors (Lipinski definition) is 6. The van der Waals surface area contributed by atoms with Gasteiger partial charge in [0.1, 0.15) is 29.7 Å². The predicted octanol–water partition coefficient (Wildman–Crippen LogP) is 13.4. The smallest absolute Gasteiger partial charge is 0.416 e. The zero-order valence-electron chi connectivity index (χ0n) is 39.0. The van der Waals surface area contributed by atoms with E-state index in [0.717, 1.165) is 23.4 Å². The van der Waals surface area contributed by atoms with Gasteiger partial charge in [0.15, 0.2) is 16.6 Å². The van der Waals surface area contributed by atoms with Crippen LogP contribution in [-0.2, 0) is 24.6 Å². The van der Waals surface area contributed by atoms with Gasteiger partial charge in [-0.3, -0.25) is 9.59 Å². The van der Waals surface area contributed by atoms with Crippen molar-refractivity contribution in [1.82, 2.24) is 0 Å². The second kappa shape index (κ2) is 20.5. The van der Waals surface area contributed by atoms with Gasteiger partial charge in [-0.25, -0.2) is 0 Å². The number of ketones is 2. The van der Waals surface area contributed by atoms with Crippen LogP contribution < -0.4 is 9.47 Å². The standard InChI is InChI=1S/C50H73F3O6Si2/c1-34-18-16-20-38(28-34)57-33-40(58-60(10,11)48(4,5)6)25-27-41-36(3)29-45(54)42(41)22-14-15-23-43-44(47(31-46(43)55)59-61(12,13)49(7,8)9)26-24-35(2)32-56-39-21-17-19-37(30-39)50(51,52)53/h14-21,24-28,30,35-36,40-44,47H,22-23,29,31-33H2,1-13H3/b15-14+,26-24+,27-25+/t35-,36+,40-,41-,42+,43+,44+,47+/m1/s1. The van der Waals surface area contributed by atoms with Gasteiger partial charge in [-0.2, -0.15) is 13.2 Å². The van der Waals surface area contributed by atoms with Gasteiger partial charge in [0.05, 0.1) is 24.4 Å². The van der Waals surface area contributed by atoms with Crippen molar-refractivity contribution in [3.63, 3.8) is 0 Å². The van der Waals surface area contributed by atoms with E-state index >= 15 is 0 Å². The first kappa shape index (κ1) is 50.4. The van der Waals surface area contributed by atoms with Gasteiger partial charge >= 0.3 is 6.18 Å². The molecule has 2 fully saturated rings. The maximum Gasteiger partial charge on any atom is 0.416 e. The third-order valence-electron chi connectivity index (χ3n) is 13.5. The Hall–Kier alpha value is -3.26. The predicted molar refractivity (Wildman–Crippen MR) is 246 cm³/mol. The monoisotopic (exact) mass is 882 g/mol. The Bertz CT molecular complexity index is 1870. The number of alkyl halides is 3. The van der Waals surface area contributed by atoms with E-state index in [4.69, 9.17) is 18.3 Å². The number of Topliss-reactive ketones (excluding diaryl/α,β-unsaturated/α-hetero) is 2. The lowest BCUT2D eigenvalue weighted by atomic mass is 9.86. The molecule has 11 heteroatoms. The Labute approximate surface area is 367 Å². The van der Waals surface area contributed by atoms with Crippen LogP contribution in [-0.4, -0.2) is 53.6 Å². The molecular formula is C50H73F3O6Si2. The van der Waals surface area contributed by atoms with Crippen LogP contribution in [0.4, 0.5) is 13.2 Å². The Kier molecular flexibility index (Phi) is 16.9. The highest BCUT2D eigenvalue weighted by molar-refractivity contribution is 6.74. The quantitative estimate of drug-likeness (QED) is 0.110. The van der Waals surface area contributed by atoms with E-state index in [9.17, 15) is 22.8 Å². The summed E-state index contributed by atoms with van der Waals surface area (Å²) in [6.45, 7) is 28.8. The summed E-state index contributed by atoms with van der Waals surface area (Å²) in [5, 5.41) is -0.0315. The molecule has 338 valence electrons. The van der Waals surface area contributed by atoms with Crippen molar-refractivity contribution in [3.05, 3.63) is 96.1 Å². The third-order valence-corrected chi connectivity index (χ3v) is 22.5. The van der Waals surface area contributed by atoms with Gasteiger partial charge < -0.3 is 18.3 Å². The molecule has 61 heavy (non-hydrogen) atoms. The minimum atomic E-state index is -4.45. The van der Waals surface area contributed by atoms with Gasteiger partial charge in [0, 0.05) is 36.5 Å². The molecule has 0 radical (unpaired) electrons. The number of aryl methyl sites for hydroxylation is 1. The Morgan fingerprint density at radius 2 is 1.28 bits per heavy atom. The van der Waals surface area contributed by atoms with Crippen molar-refractivity contribution < 1.29 is 41.1 Å². The van der Waals surface area contributed by atoms with Crippen molar-refractivity contribution >= 4 is 28.2 Å². The molecule has 2 aromatic rings. The number of benzene rings is 2. The Balaban J connectivity index is 1.48. The lowest BCUT2D eigenvalue weighted by molar-refractivity contribution is -0.137. The summed E-state index contributed by atoms with van der Waals surface area (Å²) in [6.07, 6.45) is 9.48. The molecule has 0 heterocycles. The molecule has 6 nitrogen and oxygen atoms in total. The topological polar surface area (TPSA) is 71.1 Å². The molecule has 0 aromatic heterocycles. The number of carbonyl (C=O) groups is 2. The normalized spacial score (nSPS) is 24.4. The number of carbonyl (C=O) groups excluding carboxylic acids is 2. The SMILES string of the molecule is Cc1cccc(OC[C@@H](/C=C/[C@H]2[C@H](C/C=C/C[C@@H]3C(=O)C[C@H](O[Si](C)(C)C(C)(C)C)[C@H]3/C=C/[C@@H](C)COc3cccc(C(F)(F)F)c3)C(=O)C[C@@H]2C)O[Si](C)(C)C(C)(C)C)c1. The fourth-order valence-corrected chi connectivity index (χ4v) is 10.3. The summed E-state index contributed by atoms with van der Waals surface area (Å²) in [4.78, 5) is 27.2. The van der Waals surface area contributed by atoms with Crippen molar-refractivity contribution in [2.24, 2.45) is 35.5 Å². The number of hydrogen-bond donors (Lipinski definition) is 0. The Morgan fingerprint density at radius 3 is 1.87 bits per heavy atom. The van der Waals surface area contributed by atoms with Crippen LogP contribution in [0.3, 0.4) is 0 Å². The molecule has 8 atom stereocenters. The summed E-state index contributed by atoms with van der Waals surface area (Å²) in [5.41, 5.74) is 0.376. The first-order chi connectivity index (χ1) is 28.2. The fourth-order valence-electron chi connectivity index (χ4n) is 7.68. The van der Waals surface area contributed by atoms with Gasteiger partial charge in [-0.1, -0.05) is 110 Å². The summed E-state index contributed by atoms with van der Waals surface area (Å²) in [5.74, 6) is 0.841. The molecule has 2 saturated carbocycles. The van der Waals surface area contributed by atoms with Crippen molar-refractivity contribution in [2.45, 2.75) is 143 Å². The lowest BCUT2D eigenvalue weighted by Crippen LogP contribution is -2.45. The van der Waals surface area contributed by atoms with Gasteiger partial charge in [-0.15, -0.1) is 0 Å². The fraction of sp³-hybridized carbons (Fsp3) is 0.600. The summed E-state index contributed by atoms with van der Waals surface area (Å²) in [6, 6.07) is 12.9. The van der Waals surface area contributed by atoms with Crippen molar-refractivity contribution in [1.29, 1.82) is 0 Å². The molecule has 0 spiro atoms. The molecule has 2 aliphatic rings. The lowest BCUT2D eigenvalue weighted by Gasteiger charge is -2.39. The molecule has 2 aliphatic carbocycles. The highest BCUT2D eigenvalue weighted by atomic mass is 28.4. The zero-order valence-corrected chi connectivity index (χ0v) is 41.0. The number of ether oxygens (including phenoxy) is 2. The largest absolute Gasteiger partial charge is 0.493 e. The van der Waals surface area contributed by atoms with E-state index in [2.05, 4.69) is 105 Å². The Morgan fingerprint density at radius 1 is 0.738 bits per heavy atom. The van der Waals surface area contributed by atoms with Crippen LogP contribution in [0, 0.1) is 42.4 Å². The summed E-state index contributed by atoms with van der Waals surface area (Å²) >= 11 is 0. The number of rotatable bonds is 18. The van der Waals surface area contributed by atoms with E-state index in [0.29, 0.717) is 32.3 Å². The van der Waals surface area contributed by atoms with E-state index in [1.165, 1.54) is 12.1 Å². The van der Waals surface area contributed by atoms with Gasteiger partial charge in [-0.05, 0) is 104 Å². The highest BCUT2D eigenvalue weighted by Gasteiger charge is 2.47. The van der Waals surface area contributed by atoms with Crippen LogP contribution in [0.15, 0.2) is 85.0 Å². The van der Waals surface area contributed by atoms with Gasteiger partial charge in [0.2, 0.25) is 0 Å². The van der Waals surface area contributed by atoms with Crippen molar-refractivity contribution in [2.75, 3.05) is 13.2 Å². The molecule has 0 aliphatic heterocycles. The van der Waals surface area contributed by atoms with E-state index < -0.39 is 28.4 Å². The molecule has 0 unspecified atom stereocenters. The molecule has 0 amide bonds. The summed E-state index contributed by atoms with van der Waals surface area (Å²) in [7, 11) is -4.38. The second-order valence-corrected chi connectivity index (χ2v) is 30.2. The maximum absolute atomic E-state index is 13.7. The third kappa shape index (κ3) is 14.1. The minimum Gasteiger partial charge on any atom is -0.493 e. The maximum atomic E-state index is 13.7. The van der Waals surface area contributed by atoms with Crippen LogP contribution in [0.2, 0.25) is 36.3 Å². The molecule has 0 saturated heterocycles. The van der Waals surface area contributed by atoms with Crippen molar-refractivity contribution in [3.8, 4) is 11.5 Å². The van der Waals surface area contributed by atoms with Crippen LogP contribution in [0.1, 0.15) is 92.2 Å². The van der Waals surface area contributed by atoms with Gasteiger partial charge in [0.25, 0.3) is 0 Å². The number of allylic oxidation sites excluding steroid dienone is 3. The number of halogens is 3. The minimum absolute atomic E-state index is 0.0149. The van der Waals surface area contributed by atoms with Crippen LogP contribution in [0.25, 0.3) is 0 Å². The zero-order chi connectivity index (χ0) is 45.6. The average molecular weight is 883 g/mol. The molecule has 4 rings (SSSR count). The van der Waals surface area contributed by atoms with E-state index in [1.807, 2.05) is 44.2 Å². The van der Waals surface area contributed by atoms with E-state index in [1.54, 1.807) is 0 Å². The van der Waals surface area contributed by atoms with E-state index in [-0.39, 0.29) is 81.7 Å².